The Balaban J connectivity index is 1.08. The molecule has 2 saturated heterocycles. The largest absolute Gasteiger partial charge is 0.480 e. The van der Waals surface area contributed by atoms with Gasteiger partial charge in [0.15, 0.2) is 0 Å². The van der Waals surface area contributed by atoms with E-state index in [1.807, 2.05) is 23.2 Å². The van der Waals surface area contributed by atoms with Crippen LogP contribution < -0.4 is 10.9 Å². The fourth-order valence-electron chi connectivity index (χ4n) is 5.34. The number of carbonyl (C=O) groups is 1. The van der Waals surface area contributed by atoms with Crippen LogP contribution in [0.1, 0.15) is 40.6 Å². The van der Waals surface area contributed by atoms with Crippen molar-refractivity contribution in [2.24, 2.45) is 5.10 Å². The van der Waals surface area contributed by atoms with Gasteiger partial charge in [0.05, 0.1) is 24.9 Å². The standard InChI is InChI=1S/C31H37N5O3/c37-31(38)23-36-17-15-35(16-18-36)22-28-19-30(34-39-28)27-13-11-24(12-14-27)20-32-33-21-29(25-7-3-1-4-8-25)26-9-5-2-6-10-26/h1-14,20,28-30,33-34H,15-19,21-23H2,(H,37,38). The summed E-state index contributed by atoms with van der Waals surface area (Å²) in [6, 6.07) is 29.6. The maximum atomic E-state index is 10.9. The molecule has 0 bridgehead atoms. The molecule has 5 rings (SSSR count). The number of hydrogen-bond donors (Lipinski definition) is 3. The van der Waals surface area contributed by atoms with Crippen LogP contribution in [0.15, 0.2) is 90.0 Å². The van der Waals surface area contributed by atoms with Crippen molar-refractivity contribution in [2.75, 3.05) is 45.8 Å². The first-order valence-electron chi connectivity index (χ1n) is 13.7. The number of benzene rings is 3. The van der Waals surface area contributed by atoms with Gasteiger partial charge in [-0.25, -0.2) is 0 Å². The molecule has 8 nitrogen and oxygen atoms in total. The maximum absolute atomic E-state index is 10.9. The molecule has 0 spiro atoms. The van der Waals surface area contributed by atoms with Crippen molar-refractivity contribution in [3.63, 3.8) is 0 Å². The van der Waals surface area contributed by atoms with E-state index in [1.54, 1.807) is 0 Å². The molecule has 3 N–H and O–H groups in total. The summed E-state index contributed by atoms with van der Waals surface area (Å²) < 4.78 is 0. The summed E-state index contributed by atoms with van der Waals surface area (Å²) in [5.74, 6) is -0.537. The van der Waals surface area contributed by atoms with Crippen LogP contribution in [0.4, 0.5) is 0 Å². The number of piperazine rings is 1. The molecule has 0 aliphatic carbocycles. The zero-order valence-corrected chi connectivity index (χ0v) is 22.2. The molecule has 2 heterocycles. The smallest absolute Gasteiger partial charge is 0.317 e. The third-order valence-electron chi connectivity index (χ3n) is 7.50. The van der Waals surface area contributed by atoms with Crippen molar-refractivity contribution in [3.8, 4) is 0 Å². The molecular formula is C31H37N5O3. The highest BCUT2D eigenvalue weighted by Crippen LogP contribution is 2.26. The first-order valence-corrected chi connectivity index (χ1v) is 13.7. The van der Waals surface area contributed by atoms with E-state index in [-0.39, 0.29) is 24.6 Å². The third kappa shape index (κ3) is 7.74. The van der Waals surface area contributed by atoms with E-state index in [4.69, 9.17) is 9.94 Å². The number of hydrogen-bond acceptors (Lipinski definition) is 7. The van der Waals surface area contributed by atoms with E-state index in [0.29, 0.717) is 6.54 Å². The molecule has 3 aromatic rings. The molecule has 2 unspecified atom stereocenters. The summed E-state index contributed by atoms with van der Waals surface area (Å²) >= 11 is 0. The summed E-state index contributed by atoms with van der Waals surface area (Å²) in [5.41, 5.74) is 11.2. The van der Waals surface area contributed by atoms with E-state index >= 15 is 0 Å². The number of carboxylic acids is 1. The topological polar surface area (TPSA) is 89.4 Å². The molecule has 39 heavy (non-hydrogen) atoms. The maximum Gasteiger partial charge on any atom is 0.317 e. The fourth-order valence-corrected chi connectivity index (χ4v) is 5.34. The van der Waals surface area contributed by atoms with Gasteiger partial charge in [-0.1, -0.05) is 84.9 Å². The molecule has 2 atom stereocenters. The van der Waals surface area contributed by atoms with Gasteiger partial charge in [0.1, 0.15) is 0 Å². The Morgan fingerprint density at radius 2 is 1.56 bits per heavy atom. The highest BCUT2D eigenvalue weighted by atomic mass is 16.7. The number of nitrogens with zero attached hydrogens (tertiary/aromatic N) is 3. The Kier molecular flexibility index (Phi) is 9.34. The Morgan fingerprint density at radius 1 is 0.949 bits per heavy atom. The molecule has 3 aromatic carbocycles. The van der Waals surface area contributed by atoms with Crippen molar-refractivity contribution in [3.05, 3.63) is 107 Å². The van der Waals surface area contributed by atoms with E-state index in [9.17, 15) is 4.79 Å². The van der Waals surface area contributed by atoms with Gasteiger partial charge >= 0.3 is 5.97 Å². The van der Waals surface area contributed by atoms with Gasteiger partial charge in [0.25, 0.3) is 0 Å². The van der Waals surface area contributed by atoms with Gasteiger partial charge in [-0.3, -0.25) is 19.4 Å². The average molecular weight is 528 g/mol. The molecule has 0 amide bonds. The summed E-state index contributed by atoms with van der Waals surface area (Å²) in [4.78, 5) is 21.1. The zero-order chi connectivity index (χ0) is 26.9. The van der Waals surface area contributed by atoms with Gasteiger partial charge in [0.2, 0.25) is 0 Å². The van der Waals surface area contributed by atoms with E-state index in [0.717, 1.165) is 44.7 Å². The Morgan fingerprint density at radius 3 is 2.18 bits per heavy atom. The van der Waals surface area contributed by atoms with Crippen molar-refractivity contribution in [1.29, 1.82) is 0 Å². The van der Waals surface area contributed by atoms with Crippen LogP contribution >= 0.6 is 0 Å². The minimum absolute atomic E-state index is 0.119. The Bertz CT molecular complexity index is 1160. The molecule has 2 fully saturated rings. The number of carboxylic acid groups (broad SMARTS) is 1. The Labute approximate surface area is 230 Å². The number of hydroxylamine groups is 1. The minimum Gasteiger partial charge on any atom is -0.480 e. The first kappa shape index (κ1) is 27.0. The van der Waals surface area contributed by atoms with Crippen LogP contribution in [0.5, 0.6) is 0 Å². The SMILES string of the molecule is O=C(O)CN1CCN(CC2CC(c3ccc(C=NNCC(c4ccccc4)c4ccccc4)cc3)NO2)CC1. The van der Waals surface area contributed by atoms with Crippen LogP contribution in [0.3, 0.4) is 0 Å². The molecule has 204 valence electrons. The molecule has 2 aliphatic rings. The van der Waals surface area contributed by atoms with E-state index in [1.165, 1.54) is 16.7 Å². The lowest BCUT2D eigenvalue weighted by atomic mass is 9.91. The van der Waals surface area contributed by atoms with Crippen LogP contribution in [0.2, 0.25) is 0 Å². The van der Waals surface area contributed by atoms with Crippen LogP contribution in [0.25, 0.3) is 0 Å². The van der Waals surface area contributed by atoms with Crippen molar-refractivity contribution in [1.82, 2.24) is 20.7 Å². The zero-order valence-electron chi connectivity index (χ0n) is 22.2. The number of hydrazone groups is 1. The Hall–Kier alpha value is -3.56. The minimum atomic E-state index is -0.761. The van der Waals surface area contributed by atoms with Crippen molar-refractivity contribution in [2.45, 2.75) is 24.5 Å². The van der Waals surface area contributed by atoms with Gasteiger partial charge < -0.3 is 10.5 Å². The predicted octanol–water partition coefficient (Wildman–Crippen LogP) is 3.48. The van der Waals surface area contributed by atoms with Gasteiger partial charge in [0, 0.05) is 45.2 Å². The second-order valence-electron chi connectivity index (χ2n) is 10.3. The van der Waals surface area contributed by atoms with Crippen LogP contribution in [0, 0.1) is 0 Å². The second-order valence-corrected chi connectivity index (χ2v) is 10.3. The summed E-state index contributed by atoms with van der Waals surface area (Å²) in [6.45, 7) is 5.00. The normalized spacial score (nSPS) is 20.5. The van der Waals surface area contributed by atoms with Gasteiger partial charge in [-0.2, -0.15) is 10.6 Å². The summed E-state index contributed by atoms with van der Waals surface area (Å²) in [7, 11) is 0. The quantitative estimate of drug-likeness (QED) is 0.260. The van der Waals surface area contributed by atoms with Crippen LogP contribution in [-0.2, 0) is 9.63 Å². The van der Waals surface area contributed by atoms with E-state index < -0.39 is 5.97 Å². The lowest BCUT2D eigenvalue weighted by molar-refractivity contribution is -0.138. The lowest BCUT2D eigenvalue weighted by Crippen LogP contribution is -2.49. The van der Waals surface area contributed by atoms with Gasteiger partial charge in [-0.05, 0) is 28.7 Å². The monoisotopic (exact) mass is 527 g/mol. The van der Waals surface area contributed by atoms with Crippen molar-refractivity contribution >= 4 is 12.2 Å². The second kappa shape index (κ2) is 13.5. The number of rotatable bonds is 11. The molecule has 0 saturated carbocycles. The van der Waals surface area contributed by atoms with E-state index in [2.05, 4.69) is 93.7 Å². The van der Waals surface area contributed by atoms with Crippen molar-refractivity contribution < 1.29 is 14.7 Å². The molecule has 2 aliphatic heterocycles. The fraction of sp³-hybridized carbons (Fsp3) is 0.355. The number of nitrogens with one attached hydrogen (secondary N) is 2. The number of aliphatic carboxylic acids is 1. The molecule has 0 aromatic heterocycles. The molecule has 8 heteroatoms. The predicted molar refractivity (Wildman–Crippen MR) is 153 cm³/mol. The van der Waals surface area contributed by atoms with Gasteiger partial charge in [-0.15, -0.1) is 0 Å². The highest BCUT2D eigenvalue weighted by Gasteiger charge is 2.29. The third-order valence-corrected chi connectivity index (χ3v) is 7.50. The molecule has 0 radical (unpaired) electrons. The average Bonchev–Trinajstić information content (AvgIpc) is 3.43. The summed E-state index contributed by atoms with van der Waals surface area (Å²) in [5, 5.41) is 13.5. The molecular weight excluding hydrogens is 490 g/mol. The first-order chi connectivity index (χ1) is 19.1. The highest BCUT2D eigenvalue weighted by molar-refractivity contribution is 5.79. The van der Waals surface area contributed by atoms with Crippen LogP contribution in [-0.4, -0.2) is 79.0 Å². The summed E-state index contributed by atoms with van der Waals surface area (Å²) in [6.07, 6.45) is 2.89. The lowest BCUT2D eigenvalue weighted by Gasteiger charge is -2.34.